The predicted octanol–water partition coefficient (Wildman–Crippen LogP) is 2.77. The smallest absolute Gasteiger partial charge is 0.327 e. The van der Waals surface area contributed by atoms with Gasteiger partial charge in [-0.05, 0) is 25.7 Å². The fraction of sp³-hybridized carbons (Fsp3) is 0.778. The Hall–Kier alpha value is -0.510. The van der Waals surface area contributed by atoms with E-state index in [1.165, 1.54) is 0 Å². The molecule has 1 atom stereocenters. The number of hydrogen-bond acceptors (Lipinski definition) is 1. The van der Waals surface area contributed by atoms with E-state index in [2.05, 4.69) is 0 Å². The molecule has 0 aromatic carbocycles. The fourth-order valence-electron chi connectivity index (χ4n) is 1.54. The molecular formula is C9H14F3N. The summed E-state index contributed by atoms with van der Waals surface area (Å²) < 4.78 is 35.3. The first-order chi connectivity index (χ1) is 5.97. The van der Waals surface area contributed by atoms with Crippen LogP contribution in [-0.4, -0.2) is 12.2 Å². The fourth-order valence-corrected chi connectivity index (χ4v) is 1.54. The number of hydrogen-bond donors (Lipinski definition) is 1. The van der Waals surface area contributed by atoms with Gasteiger partial charge >= 0.3 is 6.18 Å². The van der Waals surface area contributed by atoms with E-state index in [1.54, 1.807) is 6.08 Å². The summed E-state index contributed by atoms with van der Waals surface area (Å²) in [6, 6.07) is 0.164. The molecule has 0 spiro atoms. The van der Waals surface area contributed by atoms with Crippen LogP contribution in [0.2, 0.25) is 0 Å². The van der Waals surface area contributed by atoms with Crippen molar-refractivity contribution in [2.75, 3.05) is 0 Å². The summed E-state index contributed by atoms with van der Waals surface area (Å²) in [5.41, 5.74) is 6.71. The lowest BCUT2D eigenvalue weighted by atomic mass is 10.1. The minimum atomic E-state index is -4.03. The monoisotopic (exact) mass is 193 g/mol. The van der Waals surface area contributed by atoms with Gasteiger partial charge in [0.05, 0.1) is 0 Å². The molecule has 0 radical (unpaired) electrons. The van der Waals surface area contributed by atoms with Crippen LogP contribution in [0.15, 0.2) is 11.6 Å². The molecule has 0 aliphatic heterocycles. The summed E-state index contributed by atoms with van der Waals surface area (Å²) in [6.07, 6.45) is -0.385. The first-order valence-electron chi connectivity index (χ1n) is 4.47. The molecular weight excluding hydrogens is 179 g/mol. The van der Waals surface area contributed by atoms with Crippen LogP contribution in [-0.2, 0) is 0 Å². The molecule has 13 heavy (non-hydrogen) atoms. The van der Waals surface area contributed by atoms with Crippen molar-refractivity contribution in [2.24, 2.45) is 5.73 Å². The molecule has 1 unspecified atom stereocenters. The second-order valence-corrected chi connectivity index (χ2v) is 3.52. The van der Waals surface area contributed by atoms with Gasteiger partial charge in [0.1, 0.15) is 0 Å². The zero-order chi connectivity index (χ0) is 9.90. The molecule has 1 fully saturated rings. The summed E-state index contributed by atoms with van der Waals surface area (Å²) in [4.78, 5) is 0. The largest absolute Gasteiger partial charge is 0.389 e. The van der Waals surface area contributed by atoms with E-state index in [0.29, 0.717) is 0 Å². The van der Waals surface area contributed by atoms with Crippen molar-refractivity contribution in [1.82, 2.24) is 0 Å². The maximum absolute atomic E-state index is 11.8. The molecule has 1 saturated carbocycles. The van der Waals surface area contributed by atoms with Gasteiger partial charge in [-0.2, -0.15) is 13.2 Å². The first kappa shape index (κ1) is 10.6. The van der Waals surface area contributed by atoms with Crippen LogP contribution in [0, 0.1) is 0 Å². The minimum Gasteiger partial charge on any atom is -0.327 e. The molecule has 2 N–H and O–H groups in total. The molecule has 1 aliphatic rings. The third-order valence-corrected chi connectivity index (χ3v) is 2.22. The lowest BCUT2D eigenvalue weighted by Crippen LogP contribution is -2.13. The van der Waals surface area contributed by atoms with E-state index >= 15 is 0 Å². The van der Waals surface area contributed by atoms with Gasteiger partial charge in [0, 0.05) is 12.5 Å². The average Bonchev–Trinajstić information content (AvgIpc) is 2.33. The number of halogens is 3. The van der Waals surface area contributed by atoms with Crippen molar-refractivity contribution < 1.29 is 13.2 Å². The summed E-state index contributed by atoms with van der Waals surface area (Å²) in [6.45, 7) is 0. The van der Waals surface area contributed by atoms with E-state index in [-0.39, 0.29) is 12.5 Å². The molecule has 1 aliphatic carbocycles. The zero-order valence-corrected chi connectivity index (χ0v) is 7.40. The van der Waals surface area contributed by atoms with Crippen molar-refractivity contribution in [3.8, 4) is 0 Å². The lowest BCUT2D eigenvalue weighted by Gasteiger charge is -2.03. The molecule has 1 rings (SSSR count). The third kappa shape index (κ3) is 4.31. The van der Waals surface area contributed by atoms with E-state index in [1.807, 2.05) is 0 Å². The molecule has 1 nitrogen and oxygen atoms in total. The van der Waals surface area contributed by atoms with Gasteiger partial charge in [0.25, 0.3) is 0 Å². The summed E-state index contributed by atoms with van der Waals surface area (Å²) in [7, 11) is 0. The molecule has 76 valence electrons. The van der Waals surface area contributed by atoms with Crippen LogP contribution < -0.4 is 5.73 Å². The average molecular weight is 193 g/mol. The quantitative estimate of drug-likeness (QED) is 0.670. The molecule has 0 amide bonds. The van der Waals surface area contributed by atoms with Crippen LogP contribution in [0.4, 0.5) is 13.2 Å². The maximum atomic E-state index is 11.8. The second kappa shape index (κ2) is 4.13. The van der Waals surface area contributed by atoms with E-state index in [4.69, 9.17) is 5.73 Å². The minimum absolute atomic E-state index is 0.103. The number of allylic oxidation sites excluding steroid dienone is 1. The first-order valence-corrected chi connectivity index (χ1v) is 4.47. The normalized spacial score (nSPS) is 27.1. The summed E-state index contributed by atoms with van der Waals surface area (Å²) >= 11 is 0. The molecule has 0 aromatic rings. The van der Waals surface area contributed by atoms with Gasteiger partial charge in [-0.1, -0.05) is 11.6 Å². The van der Waals surface area contributed by atoms with Crippen molar-refractivity contribution >= 4 is 0 Å². The number of nitrogens with two attached hydrogens (primary N) is 1. The second-order valence-electron chi connectivity index (χ2n) is 3.52. The van der Waals surface area contributed by atoms with E-state index in [0.717, 1.165) is 24.8 Å². The van der Waals surface area contributed by atoms with Crippen molar-refractivity contribution in [1.29, 1.82) is 0 Å². The molecule has 0 bridgehead atoms. The van der Waals surface area contributed by atoms with E-state index in [9.17, 15) is 13.2 Å². The molecule has 0 saturated heterocycles. The molecule has 0 aromatic heterocycles. The Bertz CT molecular complexity index is 196. The Labute approximate surface area is 75.8 Å². The highest BCUT2D eigenvalue weighted by Gasteiger charge is 2.25. The Morgan fingerprint density at radius 1 is 1.46 bits per heavy atom. The highest BCUT2D eigenvalue weighted by atomic mass is 19.4. The van der Waals surface area contributed by atoms with E-state index < -0.39 is 12.6 Å². The van der Waals surface area contributed by atoms with Gasteiger partial charge in [-0.25, -0.2) is 0 Å². The Morgan fingerprint density at radius 3 is 2.62 bits per heavy atom. The maximum Gasteiger partial charge on any atom is 0.389 e. The van der Waals surface area contributed by atoms with Crippen molar-refractivity contribution in [2.45, 2.75) is 44.3 Å². The Balaban J connectivity index is 2.25. The van der Waals surface area contributed by atoms with Crippen LogP contribution in [0.1, 0.15) is 32.1 Å². The Kier molecular flexibility index (Phi) is 3.36. The predicted molar refractivity (Wildman–Crippen MR) is 45.2 cm³/mol. The van der Waals surface area contributed by atoms with Gasteiger partial charge < -0.3 is 5.73 Å². The Morgan fingerprint density at radius 2 is 2.15 bits per heavy atom. The van der Waals surface area contributed by atoms with Crippen LogP contribution in [0.25, 0.3) is 0 Å². The van der Waals surface area contributed by atoms with Gasteiger partial charge in [0.2, 0.25) is 0 Å². The summed E-state index contributed by atoms with van der Waals surface area (Å²) in [5.74, 6) is 0. The molecule has 0 heterocycles. The topological polar surface area (TPSA) is 26.0 Å². The third-order valence-electron chi connectivity index (χ3n) is 2.22. The van der Waals surface area contributed by atoms with Crippen LogP contribution in [0.5, 0.6) is 0 Å². The molecule has 4 heteroatoms. The van der Waals surface area contributed by atoms with Gasteiger partial charge in [0.15, 0.2) is 0 Å². The SMILES string of the molecule is NC1CCC(=CCCC(F)(F)F)C1. The van der Waals surface area contributed by atoms with Crippen LogP contribution >= 0.6 is 0 Å². The summed E-state index contributed by atoms with van der Waals surface area (Å²) in [5, 5.41) is 0. The highest BCUT2D eigenvalue weighted by molar-refractivity contribution is 5.09. The zero-order valence-electron chi connectivity index (χ0n) is 7.40. The van der Waals surface area contributed by atoms with Gasteiger partial charge in [-0.15, -0.1) is 0 Å². The number of alkyl halides is 3. The number of rotatable bonds is 2. The van der Waals surface area contributed by atoms with Crippen LogP contribution in [0.3, 0.4) is 0 Å². The van der Waals surface area contributed by atoms with Crippen molar-refractivity contribution in [3.05, 3.63) is 11.6 Å². The van der Waals surface area contributed by atoms with Crippen molar-refractivity contribution in [3.63, 3.8) is 0 Å². The highest BCUT2D eigenvalue weighted by Crippen LogP contribution is 2.26. The van der Waals surface area contributed by atoms with Gasteiger partial charge in [-0.3, -0.25) is 0 Å². The standard InChI is InChI=1S/C9H14F3N/c10-9(11,12)5-1-2-7-3-4-8(13)6-7/h2,8H,1,3-6,13H2. The lowest BCUT2D eigenvalue weighted by molar-refractivity contribution is -0.133.